The number of para-hydroxylation sites is 1. The molecular weight excluding hydrogens is 351 g/mol. The van der Waals surface area contributed by atoms with Crippen molar-refractivity contribution in [2.45, 2.75) is 19.8 Å². The zero-order valence-electron chi connectivity index (χ0n) is 11.7. The number of benzene rings is 2. The zero-order valence-corrected chi connectivity index (χ0v) is 14.1. The summed E-state index contributed by atoms with van der Waals surface area (Å²) in [4.78, 5) is 3.14. The Morgan fingerprint density at radius 1 is 1.24 bits per heavy atom. The van der Waals surface area contributed by atoms with E-state index in [0.29, 0.717) is 15.2 Å². The molecule has 0 saturated carbocycles. The van der Waals surface area contributed by atoms with Gasteiger partial charge in [-0.2, -0.15) is 0 Å². The molecule has 0 radical (unpaired) electrons. The Morgan fingerprint density at radius 2 is 1.95 bits per heavy atom. The van der Waals surface area contributed by atoms with Crippen LogP contribution < -0.4 is 0 Å². The number of hydrogen-bond donors (Lipinski definition) is 1. The van der Waals surface area contributed by atoms with Gasteiger partial charge in [0.25, 0.3) is 0 Å². The van der Waals surface area contributed by atoms with Gasteiger partial charge in [-0.05, 0) is 51.8 Å². The third-order valence-corrected chi connectivity index (χ3v) is 4.42. The van der Waals surface area contributed by atoms with Crippen molar-refractivity contribution in [2.75, 3.05) is 0 Å². The van der Waals surface area contributed by atoms with Gasteiger partial charge in [0.1, 0.15) is 5.82 Å². The Labute approximate surface area is 135 Å². The lowest BCUT2D eigenvalue weighted by Crippen LogP contribution is -2.01. The van der Waals surface area contributed by atoms with Gasteiger partial charge in [-0.15, -0.1) is 0 Å². The molecule has 0 amide bonds. The molecule has 3 rings (SSSR count). The van der Waals surface area contributed by atoms with Gasteiger partial charge in [-0.3, -0.25) is 4.57 Å². The molecule has 2 nitrogen and oxygen atoms in total. The number of rotatable bonds is 2. The molecular formula is C16H14BrFN2S. The molecule has 5 heteroatoms. The summed E-state index contributed by atoms with van der Waals surface area (Å²) >= 11 is 8.64. The predicted octanol–water partition coefficient (Wildman–Crippen LogP) is 5.71. The van der Waals surface area contributed by atoms with Crippen LogP contribution in [0.4, 0.5) is 4.39 Å². The molecule has 0 aliphatic rings. The predicted molar refractivity (Wildman–Crippen MR) is 90.2 cm³/mol. The highest BCUT2D eigenvalue weighted by Gasteiger charge is 2.14. The molecule has 0 unspecified atom stereocenters. The smallest absolute Gasteiger partial charge is 0.182 e. The number of fused-ring (bicyclic) bond motifs is 1. The lowest BCUT2D eigenvalue weighted by atomic mass is 10.0. The number of aromatic nitrogens is 2. The monoisotopic (exact) mass is 364 g/mol. The van der Waals surface area contributed by atoms with Crippen LogP contribution in [0.2, 0.25) is 0 Å². The van der Waals surface area contributed by atoms with Crippen molar-refractivity contribution >= 4 is 39.2 Å². The summed E-state index contributed by atoms with van der Waals surface area (Å²) < 4.78 is 16.8. The van der Waals surface area contributed by atoms with E-state index in [4.69, 9.17) is 12.2 Å². The van der Waals surface area contributed by atoms with E-state index in [1.165, 1.54) is 11.6 Å². The quantitative estimate of drug-likeness (QED) is 0.577. The van der Waals surface area contributed by atoms with Crippen molar-refractivity contribution in [1.82, 2.24) is 9.55 Å². The summed E-state index contributed by atoms with van der Waals surface area (Å²) in [6, 6.07) is 11.3. The fraction of sp³-hybridized carbons (Fsp3) is 0.188. The summed E-state index contributed by atoms with van der Waals surface area (Å²) in [5.41, 5.74) is 3.73. The molecule has 2 aromatic carbocycles. The zero-order chi connectivity index (χ0) is 15.1. The first-order chi connectivity index (χ1) is 9.99. The second-order valence-corrected chi connectivity index (χ2v) is 6.50. The van der Waals surface area contributed by atoms with E-state index in [2.05, 4.69) is 40.8 Å². The topological polar surface area (TPSA) is 20.7 Å². The van der Waals surface area contributed by atoms with Gasteiger partial charge in [-0.1, -0.05) is 32.0 Å². The van der Waals surface area contributed by atoms with Crippen LogP contribution in [-0.4, -0.2) is 9.55 Å². The summed E-state index contributed by atoms with van der Waals surface area (Å²) in [6.45, 7) is 4.27. The number of H-pyrrole nitrogens is 1. The van der Waals surface area contributed by atoms with E-state index in [-0.39, 0.29) is 5.82 Å². The molecule has 0 atom stereocenters. The highest BCUT2D eigenvalue weighted by molar-refractivity contribution is 9.10. The van der Waals surface area contributed by atoms with Gasteiger partial charge < -0.3 is 4.98 Å². The van der Waals surface area contributed by atoms with E-state index in [9.17, 15) is 4.39 Å². The summed E-state index contributed by atoms with van der Waals surface area (Å²) in [6.07, 6.45) is 0. The minimum absolute atomic E-state index is 0.299. The average molecular weight is 365 g/mol. The third-order valence-electron chi connectivity index (χ3n) is 3.52. The molecule has 0 saturated heterocycles. The van der Waals surface area contributed by atoms with Gasteiger partial charge in [0.2, 0.25) is 0 Å². The molecule has 1 aromatic heterocycles. The summed E-state index contributed by atoms with van der Waals surface area (Å²) in [5, 5.41) is 0. The summed E-state index contributed by atoms with van der Waals surface area (Å²) in [7, 11) is 0. The van der Waals surface area contributed by atoms with E-state index >= 15 is 0 Å². The summed E-state index contributed by atoms with van der Waals surface area (Å²) in [5.74, 6) is 0.0561. The first-order valence-electron chi connectivity index (χ1n) is 6.68. The van der Waals surface area contributed by atoms with E-state index in [1.54, 1.807) is 6.07 Å². The van der Waals surface area contributed by atoms with Crippen LogP contribution in [0.15, 0.2) is 40.9 Å². The number of imidazole rings is 1. The molecule has 1 N–H and O–H groups in total. The number of nitrogens with one attached hydrogen (secondary N) is 1. The molecule has 0 bridgehead atoms. The lowest BCUT2D eigenvalue weighted by molar-refractivity contribution is 0.622. The van der Waals surface area contributed by atoms with Crippen molar-refractivity contribution in [1.29, 1.82) is 0 Å². The first kappa shape index (κ1) is 14.5. The Kier molecular flexibility index (Phi) is 3.71. The maximum absolute atomic E-state index is 13.9. The van der Waals surface area contributed by atoms with Crippen LogP contribution in [0.3, 0.4) is 0 Å². The molecule has 3 aromatic rings. The number of nitrogens with zero attached hydrogens (tertiary/aromatic N) is 1. The van der Waals surface area contributed by atoms with Crippen LogP contribution >= 0.6 is 28.1 Å². The Bertz CT molecular complexity index is 880. The van der Waals surface area contributed by atoms with E-state index in [0.717, 1.165) is 16.7 Å². The number of halogens is 2. The van der Waals surface area contributed by atoms with Crippen molar-refractivity contribution in [3.8, 4) is 5.69 Å². The minimum Gasteiger partial charge on any atom is -0.330 e. The lowest BCUT2D eigenvalue weighted by Gasteiger charge is -2.14. The van der Waals surface area contributed by atoms with E-state index < -0.39 is 0 Å². The van der Waals surface area contributed by atoms with Crippen molar-refractivity contribution in [3.05, 3.63) is 57.0 Å². The first-order valence-corrected chi connectivity index (χ1v) is 7.88. The molecule has 1 heterocycles. The van der Waals surface area contributed by atoms with Crippen LogP contribution in [-0.2, 0) is 0 Å². The highest BCUT2D eigenvalue weighted by atomic mass is 79.9. The Hall–Kier alpha value is -1.46. The normalized spacial score (nSPS) is 11.5. The second kappa shape index (κ2) is 5.39. The maximum Gasteiger partial charge on any atom is 0.182 e. The maximum atomic E-state index is 13.9. The number of hydrogen-bond acceptors (Lipinski definition) is 1. The van der Waals surface area contributed by atoms with Crippen LogP contribution in [0.5, 0.6) is 0 Å². The van der Waals surface area contributed by atoms with E-state index in [1.807, 2.05) is 22.8 Å². The third kappa shape index (κ3) is 2.45. The molecule has 0 spiro atoms. The average Bonchev–Trinajstić information content (AvgIpc) is 2.74. The molecule has 21 heavy (non-hydrogen) atoms. The minimum atomic E-state index is -0.299. The fourth-order valence-corrected chi connectivity index (χ4v) is 3.17. The molecule has 0 aliphatic carbocycles. The highest BCUT2D eigenvalue weighted by Crippen LogP contribution is 2.29. The molecule has 0 aliphatic heterocycles. The van der Waals surface area contributed by atoms with Crippen molar-refractivity contribution < 1.29 is 4.39 Å². The van der Waals surface area contributed by atoms with Crippen molar-refractivity contribution in [2.24, 2.45) is 0 Å². The Balaban J connectivity index is 2.38. The van der Waals surface area contributed by atoms with Gasteiger partial charge in [0.05, 0.1) is 21.2 Å². The fourth-order valence-electron chi connectivity index (χ4n) is 2.52. The van der Waals surface area contributed by atoms with Gasteiger partial charge >= 0.3 is 0 Å². The van der Waals surface area contributed by atoms with Crippen LogP contribution in [0.25, 0.3) is 16.7 Å². The second-order valence-electron chi connectivity index (χ2n) is 5.26. The molecule has 108 valence electrons. The van der Waals surface area contributed by atoms with Gasteiger partial charge in [0, 0.05) is 6.07 Å². The Morgan fingerprint density at radius 3 is 2.67 bits per heavy atom. The SMILES string of the molecule is CC(C)c1ccccc1-n1c(=S)[nH]c2cc(Br)c(F)cc21. The van der Waals surface area contributed by atoms with Crippen LogP contribution in [0, 0.1) is 10.6 Å². The van der Waals surface area contributed by atoms with Crippen LogP contribution in [0.1, 0.15) is 25.3 Å². The number of aromatic amines is 1. The van der Waals surface area contributed by atoms with Gasteiger partial charge in [0.15, 0.2) is 4.77 Å². The van der Waals surface area contributed by atoms with Crippen molar-refractivity contribution in [3.63, 3.8) is 0 Å². The largest absolute Gasteiger partial charge is 0.330 e. The molecule has 0 fully saturated rings. The standard InChI is InChI=1S/C16H14BrFN2S/c1-9(2)10-5-3-4-6-14(10)20-15-8-12(18)11(17)7-13(15)19-16(20)21/h3-9H,1-2H3,(H,19,21). The van der Waals surface area contributed by atoms with Gasteiger partial charge in [-0.25, -0.2) is 4.39 Å².